The highest BCUT2D eigenvalue weighted by molar-refractivity contribution is 5.48. The molecule has 0 bridgehead atoms. The van der Waals surface area contributed by atoms with Gasteiger partial charge in [-0.15, -0.1) is 0 Å². The predicted molar refractivity (Wildman–Crippen MR) is 67.8 cm³/mol. The maximum atomic E-state index is 13.2. The van der Waals surface area contributed by atoms with Gasteiger partial charge in [-0.05, 0) is 23.1 Å². The fourth-order valence-corrected chi connectivity index (χ4v) is 2.16. The van der Waals surface area contributed by atoms with E-state index in [1.165, 1.54) is 20.8 Å². The summed E-state index contributed by atoms with van der Waals surface area (Å²) < 4.78 is 118. The average Bonchev–Trinajstić information content (AvgIpc) is 2.31. The van der Waals surface area contributed by atoms with E-state index in [0.717, 1.165) is 0 Å². The number of benzene rings is 1. The van der Waals surface area contributed by atoms with E-state index >= 15 is 0 Å². The molecule has 0 amide bonds. The lowest BCUT2D eigenvalue weighted by Gasteiger charge is -2.33. The van der Waals surface area contributed by atoms with Crippen molar-refractivity contribution in [3.8, 4) is 0 Å². The van der Waals surface area contributed by atoms with Gasteiger partial charge in [-0.2, -0.15) is 39.5 Å². The molecule has 0 fully saturated rings. The van der Waals surface area contributed by atoms with Gasteiger partial charge in [0.15, 0.2) is 0 Å². The van der Waals surface area contributed by atoms with Gasteiger partial charge in [0.1, 0.15) is 0 Å². The summed E-state index contributed by atoms with van der Waals surface area (Å²) >= 11 is 0. The average molecular weight is 367 g/mol. The summed E-state index contributed by atoms with van der Waals surface area (Å²) in [5, 5.41) is 0. The molecule has 0 aliphatic heterocycles. The SMILES string of the molecule is CC(C)(C)C(N)c1c(C(F)(F)F)ccc(C(F)(F)F)c1C(F)(F)F. The molecule has 0 radical (unpaired) electrons. The van der Waals surface area contributed by atoms with Crippen LogP contribution >= 0.6 is 0 Å². The van der Waals surface area contributed by atoms with E-state index in [-0.39, 0.29) is 12.1 Å². The van der Waals surface area contributed by atoms with Crippen LogP contribution in [-0.2, 0) is 18.5 Å². The molecule has 1 rings (SSSR count). The fourth-order valence-electron chi connectivity index (χ4n) is 2.16. The molecule has 1 aromatic rings. The van der Waals surface area contributed by atoms with Crippen molar-refractivity contribution in [1.82, 2.24) is 0 Å². The summed E-state index contributed by atoms with van der Waals surface area (Å²) in [6.45, 7) is 3.70. The second kappa shape index (κ2) is 5.82. The quantitative estimate of drug-likeness (QED) is 0.625. The highest BCUT2D eigenvalue weighted by Crippen LogP contribution is 2.49. The van der Waals surface area contributed by atoms with Gasteiger partial charge >= 0.3 is 18.5 Å². The van der Waals surface area contributed by atoms with Crippen LogP contribution < -0.4 is 5.73 Å². The normalized spacial score (nSPS) is 15.5. The first-order chi connectivity index (χ1) is 10.4. The first kappa shape index (κ1) is 20.6. The zero-order valence-electron chi connectivity index (χ0n) is 12.7. The third-order valence-electron chi connectivity index (χ3n) is 3.38. The fraction of sp³-hybridized carbons (Fsp3) is 0.571. The zero-order chi connectivity index (χ0) is 19.3. The smallest absolute Gasteiger partial charge is 0.323 e. The Bertz CT molecular complexity index is 603. The Morgan fingerprint density at radius 3 is 1.38 bits per heavy atom. The van der Waals surface area contributed by atoms with Crippen molar-refractivity contribution in [2.45, 2.75) is 45.3 Å². The van der Waals surface area contributed by atoms with Gasteiger partial charge in [-0.25, -0.2) is 0 Å². The van der Waals surface area contributed by atoms with Crippen LogP contribution in [0.1, 0.15) is 49.1 Å². The van der Waals surface area contributed by atoms with Gasteiger partial charge in [-0.1, -0.05) is 20.8 Å². The largest absolute Gasteiger partial charge is 0.417 e. The molecule has 0 spiro atoms. The minimum absolute atomic E-state index is 0.0149. The van der Waals surface area contributed by atoms with Crippen LogP contribution in [0.5, 0.6) is 0 Å². The zero-order valence-corrected chi connectivity index (χ0v) is 12.7. The molecule has 1 atom stereocenters. The van der Waals surface area contributed by atoms with Crippen molar-refractivity contribution in [1.29, 1.82) is 0 Å². The summed E-state index contributed by atoms with van der Waals surface area (Å²) in [6.07, 6.45) is -16.4. The molecule has 0 saturated heterocycles. The number of nitrogens with two attached hydrogens (primary N) is 1. The number of hydrogen-bond donors (Lipinski definition) is 1. The second-order valence-corrected chi connectivity index (χ2v) is 6.29. The first-order valence-corrected chi connectivity index (χ1v) is 6.52. The van der Waals surface area contributed by atoms with E-state index in [2.05, 4.69) is 0 Å². The molecular formula is C14H14F9N. The minimum atomic E-state index is -5.66. The molecule has 0 aliphatic rings. The van der Waals surface area contributed by atoms with Crippen LogP contribution in [0.15, 0.2) is 12.1 Å². The Morgan fingerprint density at radius 2 is 1.08 bits per heavy atom. The Morgan fingerprint density at radius 1 is 0.708 bits per heavy atom. The molecule has 138 valence electrons. The highest BCUT2D eigenvalue weighted by atomic mass is 19.4. The van der Waals surface area contributed by atoms with Crippen molar-refractivity contribution in [2.75, 3.05) is 0 Å². The number of hydrogen-bond acceptors (Lipinski definition) is 1. The Labute approximate surface area is 131 Å². The van der Waals surface area contributed by atoms with Gasteiger partial charge in [0, 0.05) is 6.04 Å². The third-order valence-corrected chi connectivity index (χ3v) is 3.38. The van der Waals surface area contributed by atoms with Crippen molar-refractivity contribution in [2.24, 2.45) is 11.1 Å². The molecule has 0 saturated carbocycles. The second-order valence-electron chi connectivity index (χ2n) is 6.29. The maximum absolute atomic E-state index is 13.2. The molecule has 0 heterocycles. The van der Waals surface area contributed by atoms with Gasteiger partial charge in [0.05, 0.1) is 16.7 Å². The van der Waals surface area contributed by atoms with E-state index in [1.54, 1.807) is 0 Å². The molecular weight excluding hydrogens is 353 g/mol. The molecule has 2 N–H and O–H groups in total. The number of halogens is 9. The lowest BCUT2D eigenvalue weighted by atomic mass is 9.78. The molecule has 1 nitrogen and oxygen atoms in total. The summed E-state index contributed by atoms with van der Waals surface area (Å²) in [4.78, 5) is 0. The van der Waals surface area contributed by atoms with Crippen molar-refractivity contribution in [3.05, 3.63) is 34.4 Å². The van der Waals surface area contributed by atoms with Gasteiger partial charge < -0.3 is 5.73 Å². The van der Waals surface area contributed by atoms with Crippen molar-refractivity contribution >= 4 is 0 Å². The molecule has 24 heavy (non-hydrogen) atoms. The maximum Gasteiger partial charge on any atom is 0.417 e. The van der Waals surface area contributed by atoms with Crippen LogP contribution in [0.25, 0.3) is 0 Å². The summed E-state index contributed by atoms with van der Waals surface area (Å²) in [5.41, 5.74) is -3.85. The Kier molecular flexibility index (Phi) is 4.99. The van der Waals surface area contributed by atoms with Crippen LogP contribution in [0.4, 0.5) is 39.5 Å². The van der Waals surface area contributed by atoms with Gasteiger partial charge in [-0.3, -0.25) is 0 Å². The van der Waals surface area contributed by atoms with Crippen LogP contribution in [0.3, 0.4) is 0 Å². The summed E-state index contributed by atoms with van der Waals surface area (Å²) in [6, 6.07) is -2.16. The minimum Gasteiger partial charge on any atom is -0.323 e. The number of rotatable bonds is 1. The number of alkyl halides is 9. The standard InChI is InChI=1S/C14H14F9N/c1-11(2,3)10(24)8-6(12(15,16)17)4-5-7(13(18,19)20)9(8)14(21,22)23/h4-5,10H,24H2,1-3H3. The first-order valence-electron chi connectivity index (χ1n) is 6.52. The molecule has 0 aliphatic carbocycles. The van der Waals surface area contributed by atoms with E-state index in [0.29, 0.717) is 0 Å². The Balaban J connectivity index is 4.03. The monoisotopic (exact) mass is 367 g/mol. The molecule has 10 heteroatoms. The van der Waals surface area contributed by atoms with E-state index in [9.17, 15) is 39.5 Å². The lowest BCUT2D eigenvalue weighted by molar-refractivity contribution is -0.164. The van der Waals surface area contributed by atoms with E-state index < -0.39 is 52.2 Å². The molecule has 1 unspecified atom stereocenters. The summed E-state index contributed by atoms with van der Waals surface area (Å²) in [5.74, 6) is 0. The molecule has 1 aromatic carbocycles. The third kappa shape index (κ3) is 4.14. The van der Waals surface area contributed by atoms with Crippen LogP contribution in [0, 0.1) is 5.41 Å². The van der Waals surface area contributed by atoms with Gasteiger partial charge in [0.25, 0.3) is 0 Å². The van der Waals surface area contributed by atoms with Crippen LogP contribution in [-0.4, -0.2) is 0 Å². The lowest BCUT2D eigenvalue weighted by Crippen LogP contribution is -2.33. The Hall–Kier alpha value is -1.45. The van der Waals surface area contributed by atoms with Crippen molar-refractivity contribution < 1.29 is 39.5 Å². The highest BCUT2D eigenvalue weighted by Gasteiger charge is 2.50. The van der Waals surface area contributed by atoms with E-state index in [1.807, 2.05) is 0 Å². The van der Waals surface area contributed by atoms with Gasteiger partial charge in [0.2, 0.25) is 0 Å². The van der Waals surface area contributed by atoms with Crippen LogP contribution in [0.2, 0.25) is 0 Å². The molecule has 0 aromatic heterocycles. The predicted octanol–water partition coefficient (Wildman–Crippen LogP) is 5.79. The topological polar surface area (TPSA) is 26.0 Å². The van der Waals surface area contributed by atoms with E-state index in [4.69, 9.17) is 5.73 Å². The van der Waals surface area contributed by atoms with Crippen molar-refractivity contribution in [3.63, 3.8) is 0 Å². The summed E-state index contributed by atoms with van der Waals surface area (Å²) in [7, 11) is 0.